The number of nitrogens with two attached hydrogens (primary N) is 1. The second kappa shape index (κ2) is 10.6. The van der Waals surface area contributed by atoms with Gasteiger partial charge in [-0.25, -0.2) is 0 Å². The standard InChI is InChI=1S/C28H39FN2O2/c1-19-15-23(16-20(2)25(19)26(27(30)32)28(3,4)5)31-13-8-9-21-17-24(11-10-22(21)18-31)33-14-7-6-12-29/h10-11,15-17,26H,6-9,12-14,18H2,1-5H3,(H2,30,32). The van der Waals surface area contributed by atoms with Gasteiger partial charge in [-0.1, -0.05) is 26.8 Å². The summed E-state index contributed by atoms with van der Waals surface area (Å²) in [7, 11) is 0. The number of alkyl halides is 1. The Hall–Kier alpha value is -2.56. The first-order valence-corrected chi connectivity index (χ1v) is 12.1. The highest BCUT2D eigenvalue weighted by Crippen LogP contribution is 2.40. The van der Waals surface area contributed by atoms with Crippen molar-refractivity contribution in [3.8, 4) is 5.75 Å². The fourth-order valence-electron chi connectivity index (χ4n) is 5.02. The first-order valence-electron chi connectivity index (χ1n) is 12.1. The second-order valence-electron chi connectivity index (χ2n) is 10.4. The van der Waals surface area contributed by atoms with Gasteiger partial charge in [-0.3, -0.25) is 9.18 Å². The Kier molecular flexibility index (Phi) is 8.04. The van der Waals surface area contributed by atoms with Crippen molar-refractivity contribution in [1.82, 2.24) is 0 Å². The molecule has 33 heavy (non-hydrogen) atoms. The number of unbranched alkanes of at least 4 members (excludes halogenated alkanes) is 1. The number of hydrogen-bond donors (Lipinski definition) is 1. The molecule has 0 saturated heterocycles. The number of hydrogen-bond acceptors (Lipinski definition) is 3. The largest absolute Gasteiger partial charge is 0.494 e. The molecule has 0 bridgehead atoms. The van der Waals surface area contributed by atoms with Crippen molar-refractivity contribution in [3.05, 3.63) is 58.1 Å². The number of amides is 1. The molecule has 1 unspecified atom stereocenters. The molecule has 0 aliphatic carbocycles. The zero-order valence-electron chi connectivity index (χ0n) is 20.8. The molecule has 180 valence electrons. The SMILES string of the molecule is Cc1cc(N2CCCc3cc(OCCCCF)ccc3C2)cc(C)c1C(C(N)=O)C(C)(C)C. The Morgan fingerprint density at radius 3 is 2.42 bits per heavy atom. The lowest BCUT2D eigenvalue weighted by molar-refractivity contribution is -0.121. The van der Waals surface area contributed by atoms with Crippen molar-refractivity contribution in [3.63, 3.8) is 0 Å². The molecule has 0 fully saturated rings. The van der Waals surface area contributed by atoms with Crippen molar-refractivity contribution >= 4 is 11.6 Å². The van der Waals surface area contributed by atoms with Crippen LogP contribution in [0.5, 0.6) is 5.75 Å². The van der Waals surface area contributed by atoms with E-state index in [0.717, 1.165) is 54.8 Å². The van der Waals surface area contributed by atoms with Crippen LogP contribution in [0.1, 0.15) is 73.8 Å². The van der Waals surface area contributed by atoms with Crippen LogP contribution in [0.25, 0.3) is 0 Å². The number of ether oxygens (including phenoxy) is 1. The van der Waals surface area contributed by atoms with Crippen LogP contribution in [0, 0.1) is 19.3 Å². The van der Waals surface area contributed by atoms with Crippen LogP contribution in [0.15, 0.2) is 30.3 Å². The quantitative estimate of drug-likeness (QED) is 0.498. The number of nitrogens with zero attached hydrogens (tertiary/aromatic N) is 1. The van der Waals surface area contributed by atoms with Crippen molar-refractivity contribution in [1.29, 1.82) is 0 Å². The third-order valence-corrected chi connectivity index (χ3v) is 6.59. The van der Waals surface area contributed by atoms with Gasteiger partial charge in [0.25, 0.3) is 0 Å². The highest BCUT2D eigenvalue weighted by atomic mass is 19.1. The summed E-state index contributed by atoms with van der Waals surface area (Å²) in [5.41, 5.74) is 12.7. The fraction of sp³-hybridized carbons (Fsp3) is 0.536. The molecule has 0 aromatic heterocycles. The van der Waals surface area contributed by atoms with Crippen LogP contribution in [-0.2, 0) is 17.8 Å². The van der Waals surface area contributed by atoms with Gasteiger partial charge < -0.3 is 15.4 Å². The lowest BCUT2D eigenvalue weighted by atomic mass is 9.73. The molecular formula is C28H39FN2O2. The van der Waals surface area contributed by atoms with E-state index in [9.17, 15) is 9.18 Å². The summed E-state index contributed by atoms with van der Waals surface area (Å²) in [5, 5.41) is 0. The zero-order valence-corrected chi connectivity index (χ0v) is 20.8. The van der Waals surface area contributed by atoms with Gasteiger partial charge in [0.05, 0.1) is 19.2 Å². The van der Waals surface area contributed by atoms with Crippen molar-refractivity contribution in [2.24, 2.45) is 11.1 Å². The molecule has 2 N–H and O–H groups in total. The van der Waals surface area contributed by atoms with E-state index in [-0.39, 0.29) is 23.9 Å². The zero-order chi connectivity index (χ0) is 24.2. The number of halogens is 1. The number of benzene rings is 2. The smallest absolute Gasteiger partial charge is 0.225 e. The van der Waals surface area contributed by atoms with Gasteiger partial charge in [0.1, 0.15) is 5.75 Å². The second-order valence-corrected chi connectivity index (χ2v) is 10.4. The van der Waals surface area contributed by atoms with Crippen LogP contribution in [0.4, 0.5) is 10.1 Å². The van der Waals surface area contributed by atoms with E-state index in [1.807, 2.05) is 6.07 Å². The number of rotatable bonds is 8. The topological polar surface area (TPSA) is 55.6 Å². The Morgan fingerprint density at radius 1 is 1.12 bits per heavy atom. The average Bonchev–Trinajstić information content (AvgIpc) is 2.94. The Morgan fingerprint density at radius 2 is 1.82 bits per heavy atom. The summed E-state index contributed by atoms with van der Waals surface area (Å²) in [6.45, 7) is 12.5. The maximum atomic E-state index is 12.3. The number of carbonyl (C=O) groups excluding carboxylic acids is 1. The molecule has 5 heteroatoms. The molecule has 0 spiro atoms. The first-order chi connectivity index (χ1) is 15.6. The lowest BCUT2D eigenvalue weighted by Gasteiger charge is -2.32. The molecule has 3 rings (SSSR count). The molecule has 1 aliphatic heterocycles. The predicted molar refractivity (Wildman–Crippen MR) is 134 cm³/mol. The van der Waals surface area contributed by atoms with Crippen LogP contribution in [0.3, 0.4) is 0 Å². The number of carbonyl (C=O) groups is 1. The minimum atomic E-state index is -0.320. The van der Waals surface area contributed by atoms with Gasteiger partial charge in [-0.2, -0.15) is 0 Å². The third-order valence-electron chi connectivity index (χ3n) is 6.59. The van der Waals surface area contributed by atoms with E-state index in [0.29, 0.717) is 13.0 Å². The maximum absolute atomic E-state index is 12.3. The van der Waals surface area contributed by atoms with Crippen LogP contribution in [0.2, 0.25) is 0 Å². The van der Waals surface area contributed by atoms with E-state index >= 15 is 0 Å². The molecule has 1 amide bonds. The number of fused-ring (bicyclic) bond motifs is 1. The molecule has 4 nitrogen and oxygen atoms in total. The molecule has 1 heterocycles. The van der Waals surface area contributed by atoms with E-state index < -0.39 is 0 Å². The molecule has 2 aromatic rings. The average molecular weight is 455 g/mol. The van der Waals surface area contributed by atoms with Crippen molar-refractivity contribution < 1.29 is 13.9 Å². The van der Waals surface area contributed by atoms with E-state index in [2.05, 4.69) is 63.8 Å². The van der Waals surface area contributed by atoms with Crippen molar-refractivity contribution in [2.45, 2.75) is 72.8 Å². The highest BCUT2D eigenvalue weighted by molar-refractivity contribution is 5.84. The number of aryl methyl sites for hydroxylation is 3. The fourth-order valence-corrected chi connectivity index (χ4v) is 5.02. The summed E-state index contributed by atoms with van der Waals surface area (Å²) in [6.07, 6.45) is 3.36. The monoisotopic (exact) mass is 454 g/mol. The van der Waals surface area contributed by atoms with E-state index in [4.69, 9.17) is 10.5 Å². The lowest BCUT2D eigenvalue weighted by Crippen LogP contribution is -2.33. The normalized spacial score (nSPS) is 15.0. The number of anilines is 1. The predicted octanol–water partition coefficient (Wildman–Crippen LogP) is 6.00. The van der Waals surface area contributed by atoms with Gasteiger partial charge in [-0.05, 0) is 97.0 Å². The van der Waals surface area contributed by atoms with Crippen LogP contribution >= 0.6 is 0 Å². The van der Waals surface area contributed by atoms with E-state index in [1.54, 1.807) is 0 Å². The number of primary amides is 1. The summed E-state index contributed by atoms with van der Waals surface area (Å²) in [5.74, 6) is 0.282. The summed E-state index contributed by atoms with van der Waals surface area (Å²) >= 11 is 0. The van der Waals surface area contributed by atoms with Crippen LogP contribution < -0.4 is 15.4 Å². The minimum absolute atomic E-state index is 0.240. The highest BCUT2D eigenvalue weighted by Gasteiger charge is 2.33. The summed E-state index contributed by atoms with van der Waals surface area (Å²) in [4.78, 5) is 14.8. The Bertz CT molecular complexity index is 957. The van der Waals surface area contributed by atoms with Crippen LogP contribution in [-0.4, -0.2) is 25.7 Å². The molecule has 1 aliphatic rings. The molecule has 2 aromatic carbocycles. The van der Waals surface area contributed by atoms with E-state index in [1.165, 1.54) is 16.8 Å². The van der Waals surface area contributed by atoms with Gasteiger partial charge >= 0.3 is 0 Å². The Labute approximate surface area is 198 Å². The van der Waals surface area contributed by atoms with Gasteiger partial charge in [0.15, 0.2) is 0 Å². The first kappa shape index (κ1) is 25.1. The van der Waals surface area contributed by atoms with Gasteiger partial charge in [0.2, 0.25) is 5.91 Å². The summed E-state index contributed by atoms with van der Waals surface area (Å²) < 4.78 is 18.1. The maximum Gasteiger partial charge on any atom is 0.225 e. The summed E-state index contributed by atoms with van der Waals surface area (Å²) in [6, 6.07) is 10.7. The molecule has 0 radical (unpaired) electrons. The van der Waals surface area contributed by atoms with Crippen molar-refractivity contribution in [2.75, 3.05) is 24.7 Å². The van der Waals surface area contributed by atoms with Gasteiger partial charge in [-0.15, -0.1) is 0 Å². The Balaban J connectivity index is 1.83. The minimum Gasteiger partial charge on any atom is -0.494 e. The molecule has 1 atom stereocenters. The molecule has 0 saturated carbocycles. The van der Waals surface area contributed by atoms with Gasteiger partial charge in [0, 0.05) is 18.8 Å². The third kappa shape index (κ3) is 6.07. The molecular weight excluding hydrogens is 415 g/mol.